The quantitative estimate of drug-likeness (QED) is 0.485. The van der Waals surface area contributed by atoms with Crippen molar-refractivity contribution >= 4 is 29.5 Å². The molecule has 1 fully saturated rings. The largest absolute Gasteiger partial charge is 0.346 e. The molecule has 8 heteroatoms. The number of nitrogens with zero attached hydrogens (tertiary/aromatic N) is 4. The van der Waals surface area contributed by atoms with E-state index in [1.165, 1.54) is 0 Å². The van der Waals surface area contributed by atoms with Gasteiger partial charge in [0.2, 0.25) is 0 Å². The lowest BCUT2D eigenvalue weighted by Gasteiger charge is -2.20. The number of rotatable bonds is 6. The Balaban J connectivity index is 1.51. The summed E-state index contributed by atoms with van der Waals surface area (Å²) in [7, 11) is 0. The standard InChI is InChI=1S/C22H23N5O2S/c1-15-13-18(16(2)26(15)21-23-11-12-30-21)14-24-27-19(28)22(3,25-20(27)29)10-9-17-7-5-4-6-8-17/h4-8,11-14H,9-10H2,1-3H3,(H,25,29)/b24-14-/t22-/m1/s1. The molecule has 1 aromatic carbocycles. The minimum absolute atomic E-state index is 0.339. The maximum absolute atomic E-state index is 12.9. The summed E-state index contributed by atoms with van der Waals surface area (Å²) in [6.45, 7) is 5.70. The predicted octanol–water partition coefficient (Wildman–Crippen LogP) is 3.83. The fourth-order valence-corrected chi connectivity index (χ4v) is 4.39. The van der Waals surface area contributed by atoms with Crippen LogP contribution in [-0.4, -0.2) is 38.3 Å². The van der Waals surface area contributed by atoms with Crippen LogP contribution in [0, 0.1) is 13.8 Å². The Hall–Kier alpha value is -3.26. The molecule has 154 valence electrons. The third kappa shape index (κ3) is 3.66. The van der Waals surface area contributed by atoms with Crippen LogP contribution in [0.3, 0.4) is 0 Å². The molecule has 1 aliphatic heterocycles. The van der Waals surface area contributed by atoms with E-state index in [4.69, 9.17) is 0 Å². The minimum Gasteiger partial charge on any atom is -0.322 e. The van der Waals surface area contributed by atoms with Crippen LogP contribution in [0.4, 0.5) is 4.79 Å². The van der Waals surface area contributed by atoms with Crippen molar-refractivity contribution in [1.82, 2.24) is 19.9 Å². The van der Waals surface area contributed by atoms with Gasteiger partial charge in [0.25, 0.3) is 5.91 Å². The van der Waals surface area contributed by atoms with E-state index in [0.717, 1.165) is 32.7 Å². The van der Waals surface area contributed by atoms with Gasteiger partial charge in [-0.05, 0) is 45.2 Å². The summed E-state index contributed by atoms with van der Waals surface area (Å²) in [5.41, 5.74) is 2.94. The van der Waals surface area contributed by atoms with Crippen molar-refractivity contribution in [3.63, 3.8) is 0 Å². The van der Waals surface area contributed by atoms with Crippen LogP contribution in [0.1, 0.15) is 35.9 Å². The van der Waals surface area contributed by atoms with E-state index in [0.29, 0.717) is 12.8 Å². The number of aryl methyl sites for hydroxylation is 2. The fraction of sp³-hybridized carbons (Fsp3) is 0.273. The van der Waals surface area contributed by atoms with E-state index in [9.17, 15) is 9.59 Å². The number of thiazole rings is 1. The van der Waals surface area contributed by atoms with Gasteiger partial charge in [0.15, 0.2) is 5.13 Å². The van der Waals surface area contributed by atoms with E-state index in [1.807, 2.05) is 60.2 Å². The van der Waals surface area contributed by atoms with Crippen molar-refractivity contribution in [2.45, 2.75) is 39.2 Å². The molecule has 3 heterocycles. The van der Waals surface area contributed by atoms with Gasteiger partial charge in [-0.3, -0.25) is 9.36 Å². The molecule has 1 N–H and O–H groups in total. The van der Waals surface area contributed by atoms with Gasteiger partial charge >= 0.3 is 6.03 Å². The first kappa shape index (κ1) is 20.0. The normalized spacial score (nSPS) is 19.1. The topological polar surface area (TPSA) is 79.6 Å². The van der Waals surface area contributed by atoms with Crippen LogP contribution in [0.5, 0.6) is 0 Å². The van der Waals surface area contributed by atoms with Crippen LogP contribution < -0.4 is 5.32 Å². The maximum atomic E-state index is 12.9. The summed E-state index contributed by atoms with van der Waals surface area (Å²) in [4.78, 5) is 29.7. The highest BCUT2D eigenvalue weighted by atomic mass is 32.1. The molecule has 3 amide bonds. The first-order valence-electron chi connectivity index (χ1n) is 9.72. The number of aromatic nitrogens is 2. The zero-order valence-corrected chi connectivity index (χ0v) is 17.9. The number of benzene rings is 1. The molecule has 4 rings (SSSR count). The van der Waals surface area contributed by atoms with Gasteiger partial charge in [-0.25, -0.2) is 9.78 Å². The number of hydrazone groups is 1. The second-order valence-electron chi connectivity index (χ2n) is 7.59. The molecule has 1 aliphatic rings. The molecule has 0 unspecified atom stereocenters. The Labute approximate surface area is 179 Å². The third-order valence-corrected chi connectivity index (χ3v) is 6.15. The second kappa shape index (κ2) is 7.87. The van der Waals surface area contributed by atoms with Gasteiger partial charge in [0.1, 0.15) is 5.54 Å². The average molecular weight is 422 g/mol. The zero-order chi connectivity index (χ0) is 21.3. The maximum Gasteiger partial charge on any atom is 0.346 e. The Kier molecular flexibility index (Phi) is 5.26. The van der Waals surface area contributed by atoms with Gasteiger partial charge in [-0.15, -0.1) is 16.3 Å². The minimum atomic E-state index is -0.970. The van der Waals surface area contributed by atoms with Crippen molar-refractivity contribution in [3.8, 4) is 5.13 Å². The van der Waals surface area contributed by atoms with E-state index in [1.54, 1.807) is 30.7 Å². The molecule has 3 aromatic rings. The molecule has 0 radical (unpaired) electrons. The highest BCUT2D eigenvalue weighted by molar-refractivity contribution is 7.12. The lowest BCUT2D eigenvalue weighted by Crippen LogP contribution is -2.44. The number of amides is 3. The molecule has 7 nitrogen and oxygen atoms in total. The molecular weight excluding hydrogens is 398 g/mol. The summed E-state index contributed by atoms with van der Waals surface area (Å²) in [5, 5.41) is 10.7. The summed E-state index contributed by atoms with van der Waals surface area (Å²) in [6.07, 6.45) is 4.52. The molecule has 2 aromatic heterocycles. The van der Waals surface area contributed by atoms with Crippen LogP contribution in [0.15, 0.2) is 53.1 Å². The molecule has 30 heavy (non-hydrogen) atoms. The number of hydrogen-bond donors (Lipinski definition) is 1. The van der Waals surface area contributed by atoms with E-state index < -0.39 is 11.6 Å². The summed E-state index contributed by atoms with van der Waals surface area (Å²) < 4.78 is 2.03. The Morgan fingerprint density at radius 3 is 2.70 bits per heavy atom. The van der Waals surface area contributed by atoms with Crippen LogP contribution in [0.2, 0.25) is 0 Å². The number of hydrogen-bond acceptors (Lipinski definition) is 5. The van der Waals surface area contributed by atoms with Gasteiger partial charge in [0, 0.05) is 28.5 Å². The van der Waals surface area contributed by atoms with Gasteiger partial charge < -0.3 is 5.32 Å². The zero-order valence-electron chi connectivity index (χ0n) is 17.1. The number of carbonyl (C=O) groups is 2. The SMILES string of the molecule is Cc1cc(/C=N\N2C(=O)N[C@](C)(CCc3ccccc3)C2=O)c(C)n1-c1nccs1. The first-order valence-corrected chi connectivity index (χ1v) is 10.6. The Morgan fingerprint density at radius 2 is 2.00 bits per heavy atom. The molecule has 0 spiro atoms. The van der Waals surface area contributed by atoms with Crippen LogP contribution in [-0.2, 0) is 11.2 Å². The van der Waals surface area contributed by atoms with E-state index in [2.05, 4.69) is 15.4 Å². The molecule has 0 aliphatic carbocycles. The molecule has 1 saturated heterocycles. The van der Waals surface area contributed by atoms with Crippen molar-refractivity contribution in [2.24, 2.45) is 5.10 Å². The van der Waals surface area contributed by atoms with Crippen molar-refractivity contribution in [3.05, 3.63) is 70.5 Å². The molecule has 0 bridgehead atoms. The van der Waals surface area contributed by atoms with E-state index >= 15 is 0 Å². The van der Waals surface area contributed by atoms with Gasteiger partial charge in [-0.2, -0.15) is 5.10 Å². The highest BCUT2D eigenvalue weighted by Crippen LogP contribution is 2.25. The molecule has 1 atom stereocenters. The number of carbonyl (C=O) groups excluding carboxylic acids is 2. The van der Waals surface area contributed by atoms with Crippen molar-refractivity contribution in [1.29, 1.82) is 0 Å². The van der Waals surface area contributed by atoms with Crippen LogP contribution in [0.25, 0.3) is 5.13 Å². The monoisotopic (exact) mass is 421 g/mol. The highest BCUT2D eigenvalue weighted by Gasteiger charge is 2.47. The summed E-state index contributed by atoms with van der Waals surface area (Å²) in [5.74, 6) is -0.339. The lowest BCUT2D eigenvalue weighted by atomic mass is 9.93. The molecular formula is C22H23N5O2S. The number of urea groups is 1. The summed E-state index contributed by atoms with van der Waals surface area (Å²) in [6, 6.07) is 11.4. The van der Waals surface area contributed by atoms with Crippen molar-refractivity contribution in [2.75, 3.05) is 0 Å². The van der Waals surface area contributed by atoms with Gasteiger partial charge in [0.05, 0.1) is 6.21 Å². The number of nitrogens with one attached hydrogen (secondary N) is 1. The fourth-order valence-electron chi connectivity index (χ4n) is 3.64. The van der Waals surface area contributed by atoms with Gasteiger partial charge in [-0.1, -0.05) is 30.3 Å². The van der Waals surface area contributed by atoms with E-state index in [-0.39, 0.29) is 5.91 Å². The lowest BCUT2D eigenvalue weighted by molar-refractivity contribution is -0.130. The van der Waals surface area contributed by atoms with Crippen LogP contribution >= 0.6 is 11.3 Å². The third-order valence-electron chi connectivity index (χ3n) is 5.39. The average Bonchev–Trinajstić information content (AvgIpc) is 3.39. The van der Waals surface area contributed by atoms with Crippen molar-refractivity contribution < 1.29 is 9.59 Å². The first-order chi connectivity index (χ1) is 14.4. The predicted molar refractivity (Wildman–Crippen MR) is 117 cm³/mol. The second-order valence-corrected chi connectivity index (χ2v) is 8.46. The Morgan fingerprint density at radius 1 is 1.23 bits per heavy atom. The smallest absolute Gasteiger partial charge is 0.322 e. The molecule has 0 saturated carbocycles. The summed E-state index contributed by atoms with van der Waals surface area (Å²) >= 11 is 1.54. The Bertz CT molecular complexity index is 1100. The number of imide groups is 1.